The number of nitrogens with one attached hydrogen (secondary N) is 2. The summed E-state index contributed by atoms with van der Waals surface area (Å²) in [6.45, 7) is 0. The molecule has 5 rings (SSSR count). The highest BCUT2D eigenvalue weighted by Gasteiger charge is 2.51. The summed E-state index contributed by atoms with van der Waals surface area (Å²) in [5.74, 6) is 2.37. The van der Waals surface area contributed by atoms with Gasteiger partial charge < -0.3 is 10.6 Å². The fourth-order valence-corrected chi connectivity index (χ4v) is 6.36. The van der Waals surface area contributed by atoms with Gasteiger partial charge in [-0.15, -0.1) is 0 Å². The second-order valence-electron chi connectivity index (χ2n) is 7.53. The van der Waals surface area contributed by atoms with Gasteiger partial charge in [-0.25, -0.2) is 0 Å². The van der Waals surface area contributed by atoms with Crippen LogP contribution < -0.4 is 10.6 Å². The summed E-state index contributed by atoms with van der Waals surface area (Å²) >= 11 is 1.44. The average molecular weight is 321 g/mol. The predicted octanol–water partition coefficient (Wildman–Crippen LogP) is 1.68. The zero-order chi connectivity index (χ0) is 15.3. The summed E-state index contributed by atoms with van der Waals surface area (Å²) < 4.78 is 0. The predicted molar refractivity (Wildman–Crippen MR) is 86.5 cm³/mol. The van der Waals surface area contributed by atoms with Crippen molar-refractivity contribution >= 4 is 28.7 Å². The molecular weight excluding hydrogens is 298 g/mol. The Hall–Kier alpha value is -1.04. The van der Waals surface area contributed by atoms with E-state index in [-0.39, 0.29) is 29.0 Å². The molecule has 0 radical (unpaired) electrons. The summed E-state index contributed by atoms with van der Waals surface area (Å²) in [7, 11) is 1.60. The van der Waals surface area contributed by atoms with Crippen molar-refractivity contribution in [2.24, 2.45) is 22.7 Å². The molecule has 5 nitrogen and oxygen atoms in total. The van der Waals surface area contributed by atoms with E-state index in [0.717, 1.165) is 22.9 Å². The van der Waals surface area contributed by atoms with Crippen LogP contribution in [-0.2, 0) is 9.59 Å². The lowest BCUT2D eigenvalue weighted by atomic mass is 9.53. The zero-order valence-electron chi connectivity index (χ0n) is 12.9. The lowest BCUT2D eigenvalue weighted by Gasteiger charge is -2.55. The van der Waals surface area contributed by atoms with Crippen LogP contribution in [0.3, 0.4) is 0 Å². The highest BCUT2D eigenvalue weighted by molar-refractivity contribution is 8.15. The molecule has 6 heteroatoms. The Bertz CT molecular complexity index is 510. The molecule has 0 aromatic rings. The average Bonchev–Trinajstić information content (AvgIpc) is 2.76. The Balaban J connectivity index is 1.49. The topological polar surface area (TPSA) is 70.6 Å². The number of thioether (sulfide) groups is 1. The van der Waals surface area contributed by atoms with E-state index < -0.39 is 0 Å². The fourth-order valence-electron chi connectivity index (χ4n) is 5.28. The third-order valence-corrected chi connectivity index (χ3v) is 6.85. The lowest BCUT2D eigenvalue weighted by molar-refractivity contribution is -0.124. The smallest absolute Gasteiger partial charge is 0.240 e. The Morgan fingerprint density at radius 3 is 2.41 bits per heavy atom. The molecule has 22 heavy (non-hydrogen) atoms. The molecule has 0 aromatic heterocycles. The molecule has 4 bridgehead atoms. The fraction of sp³-hybridized carbons (Fsp3) is 0.812. The Morgan fingerprint density at radius 2 is 1.86 bits per heavy atom. The lowest BCUT2D eigenvalue weighted by Crippen LogP contribution is -2.50. The van der Waals surface area contributed by atoms with E-state index in [1.807, 2.05) is 0 Å². The van der Waals surface area contributed by atoms with E-state index in [0.29, 0.717) is 0 Å². The van der Waals surface area contributed by atoms with Gasteiger partial charge in [0.25, 0.3) is 0 Å². The number of carbonyl (C=O) groups is 2. The molecule has 1 unspecified atom stereocenters. The third-order valence-electron chi connectivity index (χ3n) is 5.77. The van der Waals surface area contributed by atoms with E-state index in [2.05, 4.69) is 10.6 Å². The molecule has 4 aliphatic carbocycles. The standard InChI is InChI=1S/C16H23N3O2S/c1-17-13(20)5-12-14(21)18-15(22-12)19-16-6-9-2-10(7-16)4-11(3-9)8-16/h9-12H,2-8H2,1H3,(H,17,20)(H,18,19,21). The number of carbonyl (C=O) groups excluding carboxylic acids is 2. The van der Waals surface area contributed by atoms with Gasteiger partial charge in [-0.1, -0.05) is 11.8 Å². The summed E-state index contributed by atoms with van der Waals surface area (Å²) in [6.07, 6.45) is 7.98. The summed E-state index contributed by atoms with van der Waals surface area (Å²) in [6, 6.07) is 0. The molecule has 1 heterocycles. The molecule has 0 spiro atoms. The Kier molecular flexibility index (Phi) is 3.47. The number of amides is 2. The largest absolute Gasteiger partial charge is 0.359 e. The first-order valence-corrected chi connectivity index (χ1v) is 9.21. The quantitative estimate of drug-likeness (QED) is 0.831. The van der Waals surface area contributed by atoms with Crippen molar-refractivity contribution in [2.45, 2.75) is 55.7 Å². The first-order valence-electron chi connectivity index (χ1n) is 8.33. The van der Waals surface area contributed by atoms with Crippen LogP contribution in [0.25, 0.3) is 0 Å². The first kappa shape index (κ1) is 14.5. The maximum absolute atomic E-state index is 12.0. The van der Waals surface area contributed by atoms with Crippen LogP contribution in [0.1, 0.15) is 44.9 Å². The summed E-state index contributed by atoms with van der Waals surface area (Å²) in [5.41, 5.74) is 0.0757. The van der Waals surface area contributed by atoms with Crippen molar-refractivity contribution in [3.63, 3.8) is 0 Å². The van der Waals surface area contributed by atoms with Gasteiger partial charge in [0, 0.05) is 13.5 Å². The maximum Gasteiger partial charge on any atom is 0.240 e. The van der Waals surface area contributed by atoms with Crippen molar-refractivity contribution in [1.29, 1.82) is 0 Å². The number of hydrogen-bond donors (Lipinski definition) is 2. The molecule has 4 saturated carbocycles. The van der Waals surface area contributed by atoms with Gasteiger partial charge in [-0.05, 0) is 56.3 Å². The van der Waals surface area contributed by atoms with Crippen LogP contribution in [0.5, 0.6) is 0 Å². The Morgan fingerprint density at radius 1 is 1.27 bits per heavy atom. The minimum absolute atomic E-state index is 0.0721. The van der Waals surface area contributed by atoms with Gasteiger partial charge in [-0.3, -0.25) is 14.6 Å². The van der Waals surface area contributed by atoms with Crippen molar-refractivity contribution < 1.29 is 9.59 Å². The van der Waals surface area contributed by atoms with Gasteiger partial charge >= 0.3 is 0 Å². The second kappa shape index (κ2) is 5.25. The Labute approximate surface area is 135 Å². The molecule has 2 amide bonds. The van der Waals surface area contributed by atoms with E-state index >= 15 is 0 Å². The van der Waals surface area contributed by atoms with Gasteiger partial charge in [0.15, 0.2) is 5.17 Å². The normalized spacial score (nSPS) is 44.4. The van der Waals surface area contributed by atoms with Crippen LogP contribution in [0.4, 0.5) is 0 Å². The number of nitrogens with zero attached hydrogens (tertiary/aromatic N) is 1. The third kappa shape index (κ3) is 2.55. The highest BCUT2D eigenvalue weighted by atomic mass is 32.2. The van der Waals surface area contributed by atoms with Gasteiger partial charge in [0.05, 0.1) is 5.54 Å². The number of rotatable bonds is 3. The molecule has 2 N–H and O–H groups in total. The minimum atomic E-state index is -0.326. The van der Waals surface area contributed by atoms with Crippen LogP contribution in [0, 0.1) is 17.8 Å². The van der Waals surface area contributed by atoms with Crippen LogP contribution >= 0.6 is 11.8 Å². The van der Waals surface area contributed by atoms with Crippen LogP contribution in [-0.4, -0.2) is 34.8 Å². The van der Waals surface area contributed by atoms with E-state index in [1.54, 1.807) is 7.05 Å². The van der Waals surface area contributed by atoms with Gasteiger partial charge in [0.2, 0.25) is 11.8 Å². The van der Waals surface area contributed by atoms with Gasteiger partial charge in [0.1, 0.15) is 5.25 Å². The molecule has 5 fully saturated rings. The summed E-state index contributed by atoms with van der Waals surface area (Å²) in [5, 5.41) is 5.91. The van der Waals surface area contributed by atoms with Crippen molar-refractivity contribution in [1.82, 2.24) is 10.6 Å². The molecular formula is C16H23N3O2S. The molecule has 120 valence electrons. The van der Waals surface area contributed by atoms with Gasteiger partial charge in [-0.2, -0.15) is 0 Å². The maximum atomic E-state index is 12.0. The van der Waals surface area contributed by atoms with Crippen LogP contribution in [0.2, 0.25) is 0 Å². The van der Waals surface area contributed by atoms with E-state index in [9.17, 15) is 9.59 Å². The first-order chi connectivity index (χ1) is 10.5. The molecule has 1 atom stereocenters. The minimum Gasteiger partial charge on any atom is -0.359 e. The number of hydrogen-bond acceptors (Lipinski definition) is 4. The number of amidine groups is 1. The monoisotopic (exact) mass is 321 g/mol. The SMILES string of the molecule is CNC(=O)CC1SC(=NC23CC4CC(CC(C4)C2)C3)NC1=O. The summed E-state index contributed by atoms with van der Waals surface area (Å²) in [4.78, 5) is 28.5. The molecule has 1 aliphatic heterocycles. The zero-order valence-corrected chi connectivity index (χ0v) is 13.7. The van der Waals surface area contributed by atoms with E-state index in [4.69, 9.17) is 4.99 Å². The second-order valence-corrected chi connectivity index (χ2v) is 8.72. The van der Waals surface area contributed by atoms with E-state index in [1.165, 1.54) is 50.3 Å². The van der Waals surface area contributed by atoms with Crippen molar-refractivity contribution in [3.8, 4) is 0 Å². The molecule has 5 aliphatic rings. The van der Waals surface area contributed by atoms with Crippen molar-refractivity contribution in [3.05, 3.63) is 0 Å². The van der Waals surface area contributed by atoms with Crippen LogP contribution in [0.15, 0.2) is 4.99 Å². The highest BCUT2D eigenvalue weighted by Crippen LogP contribution is 2.57. The molecule has 1 saturated heterocycles. The van der Waals surface area contributed by atoms with Crippen molar-refractivity contribution in [2.75, 3.05) is 7.05 Å². The molecule has 0 aromatic carbocycles. The number of aliphatic imine (C=N–C) groups is 1.